The van der Waals surface area contributed by atoms with Crippen LogP contribution in [0.3, 0.4) is 0 Å². The molecule has 6 heteroatoms. The van der Waals surface area contributed by atoms with Crippen LogP contribution in [0.5, 0.6) is 0 Å². The number of hydrogen-bond acceptors (Lipinski definition) is 5. The Morgan fingerprint density at radius 2 is 1.96 bits per heavy atom. The summed E-state index contributed by atoms with van der Waals surface area (Å²) in [7, 11) is 0. The number of nitrogens with one attached hydrogen (secondary N) is 1. The summed E-state index contributed by atoms with van der Waals surface area (Å²) in [5.74, 6) is -0.333. The minimum atomic E-state index is -0.561. The van der Waals surface area contributed by atoms with E-state index in [9.17, 15) is 9.59 Å². The van der Waals surface area contributed by atoms with Gasteiger partial charge in [0.05, 0.1) is 0 Å². The van der Waals surface area contributed by atoms with Gasteiger partial charge in [-0.3, -0.25) is 4.79 Å². The van der Waals surface area contributed by atoms with E-state index in [1.54, 1.807) is 5.38 Å². The molecule has 144 valence electrons. The highest BCUT2D eigenvalue weighted by molar-refractivity contribution is 7.13. The fourth-order valence-corrected chi connectivity index (χ4v) is 4.16. The number of ether oxygens (including phenoxy) is 1. The van der Waals surface area contributed by atoms with Crippen molar-refractivity contribution in [2.45, 2.75) is 52.0 Å². The molecule has 2 atom stereocenters. The van der Waals surface area contributed by atoms with Crippen LogP contribution in [0.25, 0.3) is 10.6 Å². The average Bonchev–Trinajstić information content (AvgIpc) is 3.18. The first-order valence-electron chi connectivity index (χ1n) is 9.58. The number of esters is 1. The molecule has 1 N–H and O–H groups in total. The van der Waals surface area contributed by atoms with Crippen molar-refractivity contribution in [3.63, 3.8) is 0 Å². The Morgan fingerprint density at radius 1 is 1.22 bits per heavy atom. The number of carbonyl (C=O) groups is 2. The summed E-state index contributed by atoms with van der Waals surface area (Å²) in [4.78, 5) is 28.6. The molecule has 1 aromatic carbocycles. The second kappa shape index (κ2) is 9.13. The lowest BCUT2D eigenvalue weighted by Gasteiger charge is -2.29. The van der Waals surface area contributed by atoms with Crippen molar-refractivity contribution in [3.05, 3.63) is 40.9 Å². The smallest absolute Gasteiger partial charge is 0.358 e. The summed E-state index contributed by atoms with van der Waals surface area (Å²) in [5, 5.41) is 5.43. The predicted molar refractivity (Wildman–Crippen MR) is 107 cm³/mol. The Balaban J connectivity index is 1.52. The van der Waals surface area contributed by atoms with E-state index < -0.39 is 5.97 Å². The number of aryl methyl sites for hydroxylation is 1. The zero-order valence-corrected chi connectivity index (χ0v) is 16.7. The summed E-state index contributed by atoms with van der Waals surface area (Å²) >= 11 is 1.39. The first-order chi connectivity index (χ1) is 13.1. The molecular formula is C21H26N2O3S. The van der Waals surface area contributed by atoms with Crippen LogP contribution in [0.15, 0.2) is 29.6 Å². The van der Waals surface area contributed by atoms with Crippen molar-refractivity contribution in [2.75, 3.05) is 6.61 Å². The zero-order chi connectivity index (χ0) is 19.2. The standard InChI is InChI=1S/C21H26N2O3S/c1-3-15-8-10-16(11-9-15)20-23-18(13-27-20)21(25)26-12-19(24)22-17-7-5-4-6-14(17)2/h8-11,13-14,17H,3-7,12H2,1-2H3,(H,22,24)/t14-,17-/m0/s1. The van der Waals surface area contributed by atoms with Crippen LogP contribution in [0.4, 0.5) is 0 Å². The number of aromatic nitrogens is 1. The number of carbonyl (C=O) groups excluding carboxylic acids is 2. The number of amides is 1. The minimum absolute atomic E-state index is 0.182. The molecule has 0 radical (unpaired) electrons. The lowest BCUT2D eigenvalue weighted by Crippen LogP contribution is -2.42. The fourth-order valence-electron chi connectivity index (χ4n) is 3.37. The molecule has 2 aromatic rings. The third kappa shape index (κ3) is 5.16. The number of benzene rings is 1. The van der Waals surface area contributed by atoms with E-state index in [2.05, 4.69) is 36.3 Å². The molecule has 1 amide bonds. The molecule has 3 rings (SSSR count). The summed E-state index contributed by atoms with van der Waals surface area (Å²) < 4.78 is 5.15. The summed E-state index contributed by atoms with van der Waals surface area (Å²) in [6.07, 6.45) is 5.46. The molecular weight excluding hydrogens is 360 g/mol. The van der Waals surface area contributed by atoms with Crippen molar-refractivity contribution in [3.8, 4) is 10.6 Å². The fraction of sp³-hybridized carbons (Fsp3) is 0.476. The van der Waals surface area contributed by atoms with Gasteiger partial charge in [-0.1, -0.05) is 51.0 Å². The number of nitrogens with zero attached hydrogens (tertiary/aromatic N) is 1. The van der Waals surface area contributed by atoms with Crippen LogP contribution in [0.1, 0.15) is 55.6 Å². The van der Waals surface area contributed by atoms with Gasteiger partial charge in [0.25, 0.3) is 5.91 Å². The molecule has 1 fully saturated rings. The normalized spacial score (nSPS) is 19.5. The van der Waals surface area contributed by atoms with E-state index in [0.717, 1.165) is 36.3 Å². The molecule has 0 bridgehead atoms. The van der Waals surface area contributed by atoms with Gasteiger partial charge in [0.2, 0.25) is 0 Å². The van der Waals surface area contributed by atoms with Crippen molar-refractivity contribution in [1.29, 1.82) is 0 Å². The molecule has 1 aromatic heterocycles. The van der Waals surface area contributed by atoms with E-state index in [1.807, 2.05) is 12.1 Å². The van der Waals surface area contributed by atoms with Gasteiger partial charge in [-0.2, -0.15) is 0 Å². The van der Waals surface area contributed by atoms with Crippen molar-refractivity contribution in [1.82, 2.24) is 10.3 Å². The quantitative estimate of drug-likeness (QED) is 0.755. The second-order valence-electron chi connectivity index (χ2n) is 7.10. The van der Waals surface area contributed by atoms with Gasteiger partial charge in [0.1, 0.15) is 5.01 Å². The number of hydrogen-bond donors (Lipinski definition) is 1. The largest absolute Gasteiger partial charge is 0.451 e. The van der Waals surface area contributed by atoms with E-state index in [0.29, 0.717) is 5.92 Å². The SMILES string of the molecule is CCc1ccc(-c2nc(C(=O)OCC(=O)N[C@H]3CCCC[C@@H]3C)cs2)cc1. The van der Waals surface area contributed by atoms with Crippen molar-refractivity contribution >= 4 is 23.2 Å². The predicted octanol–water partition coefficient (Wildman–Crippen LogP) is 4.22. The number of thiazole rings is 1. The third-order valence-corrected chi connectivity index (χ3v) is 6.01. The minimum Gasteiger partial charge on any atom is -0.451 e. The van der Waals surface area contributed by atoms with Crippen LogP contribution < -0.4 is 5.32 Å². The number of rotatable bonds is 6. The maximum atomic E-state index is 12.2. The summed E-state index contributed by atoms with van der Waals surface area (Å²) in [5.41, 5.74) is 2.47. The molecule has 0 unspecified atom stereocenters. The molecule has 1 aliphatic carbocycles. The maximum Gasteiger partial charge on any atom is 0.358 e. The van der Waals surface area contributed by atoms with E-state index >= 15 is 0 Å². The molecule has 0 aliphatic heterocycles. The van der Waals surface area contributed by atoms with Crippen LogP contribution in [-0.2, 0) is 16.0 Å². The molecule has 27 heavy (non-hydrogen) atoms. The Kier molecular flexibility index (Phi) is 6.61. The van der Waals surface area contributed by atoms with Crippen molar-refractivity contribution in [2.24, 2.45) is 5.92 Å². The highest BCUT2D eigenvalue weighted by Crippen LogP contribution is 2.25. The molecule has 1 saturated carbocycles. The first kappa shape index (κ1) is 19.5. The Labute approximate surface area is 164 Å². The molecule has 0 saturated heterocycles. The van der Waals surface area contributed by atoms with E-state index in [1.165, 1.54) is 23.3 Å². The maximum absolute atomic E-state index is 12.2. The van der Waals surface area contributed by atoms with Crippen LogP contribution >= 0.6 is 11.3 Å². The highest BCUT2D eigenvalue weighted by atomic mass is 32.1. The second-order valence-corrected chi connectivity index (χ2v) is 7.96. The molecule has 1 aliphatic rings. The first-order valence-corrected chi connectivity index (χ1v) is 10.5. The lowest BCUT2D eigenvalue weighted by atomic mass is 9.86. The third-order valence-electron chi connectivity index (χ3n) is 5.11. The van der Waals surface area contributed by atoms with Gasteiger partial charge in [-0.25, -0.2) is 9.78 Å². The van der Waals surface area contributed by atoms with Gasteiger partial charge in [0, 0.05) is 17.0 Å². The Morgan fingerprint density at radius 3 is 2.67 bits per heavy atom. The molecule has 1 heterocycles. The molecule has 5 nitrogen and oxygen atoms in total. The summed E-state index contributed by atoms with van der Waals surface area (Å²) in [6, 6.07) is 8.32. The lowest BCUT2D eigenvalue weighted by molar-refractivity contribution is -0.125. The Hall–Kier alpha value is -2.21. The highest BCUT2D eigenvalue weighted by Gasteiger charge is 2.23. The van der Waals surface area contributed by atoms with E-state index in [-0.39, 0.29) is 24.2 Å². The molecule has 0 spiro atoms. The Bertz CT molecular complexity index is 785. The van der Waals surface area contributed by atoms with Crippen molar-refractivity contribution < 1.29 is 14.3 Å². The zero-order valence-electron chi connectivity index (χ0n) is 15.9. The van der Waals surface area contributed by atoms with Gasteiger partial charge in [-0.15, -0.1) is 11.3 Å². The topological polar surface area (TPSA) is 68.3 Å². The van der Waals surface area contributed by atoms with Crippen LogP contribution in [-0.4, -0.2) is 29.5 Å². The van der Waals surface area contributed by atoms with Gasteiger partial charge >= 0.3 is 5.97 Å². The van der Waals surface area contributed by atoms with Crippen LogP contribution in [0, 0.1) is 5.92 Å². The van der Waals surface area contributed by atoms with Crippen LogP contribution in [0.2, 0.25) is 0 Å². The van der Waals surface area contributed by atoms with Gasteiger partial charge < -0.3 is 10.1 Å². The summed E-state index contributed by atoms with van der Waals surface area (Å²) in [6.45, 7) is 4.00. The van der Waals surface area contributed by atoms with Gasteiger partial charge in [0.15, 0.2) is 12.3 Å². The average molecular weight is 387 g/mol. The van der Waals surface area contributed by atoms with E-state index in [4.69, 9.17) is 4.74 Å². The van der Waals surface area contributed by atoms with Gasteiger partial charge in [-0.05, 0) is 30.7 Å². The monoisotopic (exact) mass is 386 g/mol.